The maximum absolute atomic E-state index is 14.4. The SMILES string of the molecule is Cc1c(F)c(C#N)c(B2OC(C)(C)C(C)(C)O2)c(C)c1Br. The lowest BCUT2D eigenvalue weighted by Gasteiger charge is -2.32. The van der Waals surface area contributed by atoms with Crippen LogP contribution in [0.5, 0.6) is 0 Å². The Morgan fingerprint density at radius 3 is 2.00 bits per heavy atom. The van der Waals surface area contributed by atoms with Gasteiger partial charge in [-0.15, -0.1) is 0 Å². The van der Waals surface area contributed by atoms with Crippen LogP contribution in [-0.4, -0.2) is 18.3 Å². The fourth-order valence-corrected chi connectivity index (χ4v) is 2.74. The zero-order chi connectivity index (χ0) is 16.2. The Balaban J connectivity index is 2.65. The molecule has 0 radical (unpaired) electrons. The van der Waals surface area contributed by atoms with Crippen molar-refractivity contribution in [3.8, 4) is 6.07 Å². The van der Waals surface area contributed by atoms with Crippen molar-refractivity contribution in [2.45, 2.75) is 52.7 Å². The summed E-state index contributed by atoms with van der Waals surface area (Å²) >= 11 is 3.39. The molecular weight excluding hydrogens is 336 g/mol. The Morgan fingerprint density at radius 2 is 1.57 bits per heavy atom. The minimum atomic E-state index is -0.754. The molecule has 1 aromatic carbocycles. The van der Waals surface area contributed by atoms with Crippen molar-refractivity contribution in [3.63, 3.8) is 0 Å². The highest BCUT2D eigenvalue weighted by molar-refractivity contribution is 9.10. The number of benzene rings is 1. The van der Waals surface area contributed by atoms with Gasteiger partial charge in [0.1, 0.15) is 11.9 Å². The third kappa shape index (κ3) is 2.42. The highest BCUT2D eigenvalue weighted by Crippen LogP contribution is 2.38. The summed E-state index contributed by atoms with van der Waals surface area (Å²) in [5.74, 6) is -0.528. The van der Waals surface area contributed by atoms with Crippen LogP contribution < -0.4 is 5.46 Å². The molecule has 0 aromatic heterocycles. The number of hydrogen-bond donors (Lipinski definition) is 0. The first kappa shape index (κ1) is 16.5. The predicted octanol–water partition coefficient (Wildman–Crippen LogP) is 3.38. The van der Waals surface area contributed by atoms with E-state index in [9.17, 15) is 9.65 Å². The first-order chi connectivity index (χ1) is 9.53. The highest BCUT2D eigenvalue weighted by Gasteiger charge is 2.53. The van der Waals surface area contributed by atoms with E-state index >= 15 is 0 Å². The summed E-state index contributed by atoms with van der Waals surface area (Å²) < 4.78 is 26.9. The van der Waals surface area contributed by atoms with Gasteiger partial charge in [-0.25, -0.2) is 4.39 Å². The van der Waals surface area contributed by atoms with Crippen LogP contribution in [0.15, 0.2) is 4.47 Å². The monoisotopic (exact) mass is 353 g/mol. The molecule has 3 nitrogen and oxygen atoms in total. The van der Waals surface area contributed by atoms with Crippen LogP contribution in [0.4, 0.5) is 4.39 Å². The van der Waals surface area contributed by atoms with Crippen LogP contribution in [0.3, 0.4) is 0 Å². The Kier molecular flexibility index (Phi) is 3.99. The molecule has 0 bridgehead atoms. The molecule has 1 heterocycles. The summed E-state index contributed by atoms with van der Waals surface area (Å²) in [6.45, 7) is 11.2. The minimum absolute atomic E-state index is 0.00769. The van der Waals surface area contributed by atoms with E-state index in [4.69, 9.17) is 9.31 Å². The van der Waals surface area contributed by atoms with E-state index in [1.165, 1.54) is 0 Å². The third-order valence-corrected chi connectivity index (χ3v) is 5.67. The molecule has 0 spiro atoms. The van der Waals surface area contributed by atoms with Crippen LogP contribution in [0.25, 0.3) is 0 Å². The van der Waals surface area contributed by atoms with Gasteiger partial charge in [0.05, 0.1) is 16.8 Å². The molecule has 0 atom stereocenters. The fraction of sp³-hybridized carbons (Fsp3) is 0.533. The summed E-state index contributed by atoms with van der Waals surface area (Å²) in [7, 11) is -0.754. The number of nitriles is 1. The highest BCUT2D eigenvalue weighted by atomic mass is 79.9. The molecule has 1 aliphatic heterocycles. The Morgan fingerprint density at radius 1 is 1.10 bits per heavy atom. The summed E-state index contributed by atoms with van der Waals surface area (Å²) in [6.07, 6.45) is 0. The van der Waals surface area contributed by atoms with Gasteiger partial charge < -0.3 is 9.31 Å². The lowest BCUT2D eigenvalue weighted by Crippen LogP contribution is -2.41. The molecule has 21 heavy (non-hydrogen) atoms. The van der Waals surface area contributed by atoms with Crippen molar-refractivity contribution >= 4 is 28.5 Å². The summed E-state index contributed by atoms with van der Waals surface area (Å²) in [5.41, 5.74) is 0.570. The molecule has 0 N–H and O–H groups in total. The van der Waals surface area contributed by atoms with Crippen molar-refractivity contribution in [1.82, 2.24) is 0 Å². The molecule has 1 fully saturated rings. The van der Waals surface area contributed by atoms with E-state index in [0.717, 1.165) is 5.56 Å². The average Bonchev–Trinajstić information content (AvgIpc) is 2.59. The van der Waals surface area contributed by atoms with Crippen molar-refractivity contribution < 1.29 is 13.7 Å². The molecule has 0 saturated carbocycles. The predicted molar refractivity (Wildman–Crippen MR) is 84.0 cm³/mol. The van der Waals surface area contributed by atoms with Crippen molar-refractivity contribution in [1.29, 1.82) is 5.26 Å². The molecule has 112 valence electrons. The zero-order valence-corrected chi connectivity index (χ0v) is 14.7. The number of halogens is 2. The molecule has 0 aliphatic carbocycles. The van der Waals surface area contributed by atoms with Gasteiger partial charge in [0, 0.05) is 15.5 Å². The quantitative estimate of drug-likeness (QED) is 0.727. The van der Waals surface area contributed by atoms with Crippen molar-refractivity contribution in [3.05, 3.63) is 27.0 Å². The Bertz CT molecular complexity index is 636. The molecule has 1 saturated heterocycles. The molecule has 0 amide bonds. The fourth-order valence-electron chi connectivity index (χ4n) is 2.35. The van der Waals surface area contributed by atoms with Crippen LogP contribution in [-0.2, 0) is 9.31 Å². The maximum Gasteiger partial charge on any atom is 0.496 e. The lowest BCUT2D eigenvalue weighted by atomic mass is 9.72. The van der Waals surface area contributed by atoms with E-state index in [1.807, 2.05) is 40.7 Å². The van der Waals surface area contributed by atoms with Crippen molar-refractivity contribution in [2.24, 2.45) is 0 Å². The van der Waals surface area contributed by atoms with Gasteiger partial charge in [-0.2, -0.15) is 5.26 Å². The molecule has 6 heteroatoms. The second-order valence-electron chi connectivity index (χ2n) is 6.37. The molecule has 2 rings (SSSR count). The van der Waals surface area contributed by atoms with Gasteiger partial charge >= 0.3 is 7.12 Å². The van der Waals surface area contributed by atoms with Crippen LogP contribution in [0.2, 0.25) is 0 Å². The smallest absolute Gasteiger partial charge is 0.399 e. The standard InChI is InChI=1S/C15H18BBrFNO2/c1-8-11(10(7-19)13(18)9(2)12(8)17)16-20-14(3,4)15(5,6)21-16/h1-6H3. The minimum Gasteiger partial charge on any atom is -0.399 e. The molecule has 1 aliphatic rings. The molecule has 1 aromatic rings. The van der Waals surface area contributed by atoms with Gasteiger partial charge in [0.25, 0.3) is 0 Å². The number of hydrogen-bond acceptors (Lipinski definition) is 3. The third-order valence-electron chi connectivity index (χ3n) is 4.48. The van der Waals surface area contributed by atoms with Gasteiger partial charge in [0.15, 0.2) is 0 Å². The van der Waals surface area contributed by atoms with Crippen LogP contribution in [0.1, 0.15) is 44.4 Å². The topological polar surface area (TPSA) is 42.2 Å². The normalized spacial score (nSPS) is 19.7. The lowest BCUT2D eigenvalue weighted by molar-refractivity contribution is 0.00578. The van der Waals surface area contributed by atoms with Gasteiger partial charge in [-0.3, -0.25) is 0 Å². The largest absolute Gasteiger partial charge is 0.496 e. The summed E-state index contributed by atoms with van der Waals surface area (Å²) in [4.78, 5) is 0. The molecular formula is C15H18BBrFNO2. The second-order valence-corrected chi connectivity index (χ2v) is 7.16. The van der Waals surface area contributed by atoms with Crippen molar-refractivity contribution in [2.75, 3.05) is 0 Å². The van der Waals surface area contributed by atoms with Crippen LogP contribution >= 0.6 is 15.9 Å². The first-order valence-electron chi connectivity index (χ1n) is 6.77. The van der Waals surface area contributed by atoms with Gasteiger partial charge in [-0.1, -0.05) is 15.9 Å². The number of rotatable bonds is 1. The van der Waals surface area contributed by atoms with Gasteiger partial charge in [-0.05, 0) is 47.1 Å². The van der Waals surface area contributed by atoms with E-state index in [2.05, 4.69) is 15.9 Å². The summed E-state index contributed by atoms with van der Waals surface area (Å²) in [6, 6.07) is 1.95. The number of nitrogens with zero attached hydrogens (tertiary/aromatic N) is 1. The second kappa shape index (κ2) is 5.08. The Labute approximate surface area is 133 Å². The average molecular weight is 354 g/mol. The summed E-state index contributed by atoms with van der Waals surface area (Å²) in [5, 5.41) is 9.34. The van der Waals surface area contributed by atoms with E-state index in [-0.39, 0.29) is 5.56 Å². The zero-order valence-electron chi connectivity index (χ0n) is 13.1. The van der Waals surface area contributed by atoms with Crippen LogP contribution in [0, 0.1) is 31.0 Å². The van der Waals surface area contributed by atoms with E-state index in [0.29, 0.717) is 15.5 Å². The van der Waals surface area contributed by atoms with E-state index in [1.54, 1.807) is 6.92 Å². The molecule has 0 unspecified atom stereocenters. The first-order valence-corrected chi connectivity index (χ1v) is 7.56. The van der Waals surface area contributed by atoms with Gasteiger partial charge in [0.2, 0.25) is 0 Å². The Hall–Kier alpha value is -0.895. The maximum atomic E-state index is 14.4. The van der Waals surface area contributed by atoms with E-state index < -0.39 is 24.1 Å².